The summed E-state index contributed by atoms with van der Waals surface area (Å²) in [5.74, 6) is 0.879. The van der Waals surface area contributed by atoms with Gasteiger partial charge in [0.15, 0.2) is 5.82 Å². The van der Waals surface area contributed by atoms with Crippen molar-refractivity contribution in [1.29, 1.82) is 0 Å². The predicted octanol–water partition coefficient (Wildman–Crippen LogP) is 4.13. The van der Waals surface area contributed by atoms with E-state index >= 15 is 0 Å². The lowest BCUT2D eigenvalue weighted by Gasteiger charge is -2.16. The molecule has 0 radical (unpaired) electrons. The van der Waals surface area contributed by atoms with E-state index in [9.17, 15) is 0 Å². The summed E-state index contributed by atoms with van der Waals surface area (Å²) >= 11 is 12.1. The van der Waals surface area contributed by atoms with Crippen molar-refractivity contribution in [3.05, 3.63) is 45.2 Å². The maximum Gasteiger partial charge on any atom is 0.159 e. The first kappa shape index (κ1) is 15.2. The van der Waals surface area contributed by atoms with Crippen molar-refractivity contribution in [2.45, 2.75) is 26.7 Å². The highest BCUT2D eigenvalue weighted by Crippen LogP contribution is 2.28. The molecule has 1 aromatic heterocycles. The molecule has 2 aromatic rings. The lowest BCUT2D eigenvalue weighted by atomic mass is 9.98. The Hall–Kier alpha value is -1.16. The summed E-state index contributed by atoms with van der Waals surface area (Å²) in [6.45, 7) is 6.61. The zero-order valence-electron chi connectivity index (χ0n) is 11.7. The lowest BCUT2D eigenvalue weighted by Crippen LogP contribution is -2.14. The molecular formula is C15H17Cl2N3. The molecule has 0 amide bonds. The Morgan fingerprint density at radius 1 is 1.05 bits per heavy atom. The van der Waals surface area contributed by atoms with Crippen LogP contribution in [-0.4, -0.2) is 16.5 Å². The largest absolute Gasteiger partial charge is 0.330 e. The zero-order chi connectivity index (χ0) is 14.9. The molecule has 0 spiro atoms. The Labute approximate surface area is 129 Å². The van der Waals surface area contributed by atoms with Crippen molar-refractivity contribution in [3.8, 4) is 11.4 Å². The Kier molecular flexibility index (Phi) is 4.63. The lowest BCUT2D eigenvalue weighted by molar-refractivity contribution is 0.744. The molecule has 0 fully saturated rings. The third-order valence-corrected chi connectivity index (χ3v) is 3.73. The maximum atomic E-state index is 6.03. The molecule has 1 heterocycles. The van der Waals surface area contributed by atoms with Gasteiger partial charge in [0, 0.05) is 27.0 Å². The number of halogens is 2. The minimum atomic E-state index is 0.243. The summed E-state index contributed by atoms with van der Waals surface area (Å²) in [5, 5.41) is 1.15. The van der Waals surface area contributed by atoms with E-state index in [2.05, 4.69) is 16.9 Å². The Balaban J connectivity index is 2.54. The van der Waals surface area contributed by atoms with Crippen LogP contribution < -0.4 is 5.73 Å². The fourth-order valence-corrected chi connectivity index (χ4v) is 2.89. The number of nitrogens with two attached hydrogens (primary N) is 1. The number of nitrogens with zero attached hydrogens (tertiary/aromatic N) is 2. The standard InChI is InChI=1S/C15H17Cl2N3/c1-8(7-18)14-9(2)19-15(20-10(14)3)11-4-12(16)6-13(17)5-11/h4-6,8H,7,18H2,1-3H3. The molecule has 0 bridgehead atoms. The Morgan fingerprint density at radius 2 is 1.55 bits per heavy atom. The maximum absolute atomic E-state index is 6.03. The molecule has 0 saturated carbocycles. The highest BCUT2D eigenvalue weighted by molar-refractivity contribution is 6.35. The number of hydrogen-bond donors (Lipinski definition) is 1. The number of rotatable bonds is 3. The highest BCUT2D eigenvalue weighted by atomic mass is 35.5. The predicted molar refractivity (Wildman–Crippen MR) is 84.4 cm³/mol. The Morgan fingerprint density at radius 3 is 2.00 bits per heavy atom. The van der Waals surface area contributed by atoms with Gasteiger partial charge in [-0.05, 0) is 50.1 Å². The first-order valence-corrected chi connectivity index (χ1v) is 7.19. The van der Waals surface area contributed by atoms with Crippen LogP contribution in [0.25, 0.3) is 11.4 Å². The summed E-state index contributed by atoms with van der Waals surface area (Å²) < 4.78 is 0. The van der Waals surface area contributed by atoms with Gasteiger partial charge >= 0.3 is 0 Å². The molecule has 5 heteroatoms. The minimum Gasteiger partial charge on any atom is -0.330 e. The number of hydrogen-bond acceptors (Lipinski definition) is 3. The van der Waals surface area contributed by atoms with Crippen LogP contribution in [0.3, 0.4) is 0 Å². The fourth-order valence-electron chi connectivity index (χ4n) is 2.37. The van der Waals surface area contributed by atoms with Crippen LogP contribution in [0, 0.1) is 13.8 Å². The molecule has 3 nitrogen and oxygen atoms in total. The smallest absolute Gasteiger partial charge is 0.159 e. The van der Waals surface area contributed by atoms with E-state index in [4.69, 9.17) is 28.9 Å². The van der Waals surface area contributed by atoms with Crippen molar-refractivity contribution < 1.29 is 0 Å². The molecule has 2 rings (SSSR count). The van der Waals surface area contributed by atoms with E-state index < -0.39 is 0 Å². The van der Waals surface area contributed by atoms with Crippen molar-refractivity contribution >= 4 is 23.2 Å². The second kappa shape index (κ2) is 6.08. The van der Waals surface area contributed by atoms with Gasteiger partial charge in [-0.1, -0.05) is 30.1 Å². The molecule has 0 aliphatic rings. The molecular weight excluding hydrogens is 293 g/mol. The molecule has 2 N–H and O–H groups in total. The van der Waals surface area contributed by atoms with Crippen LogP contribution in [0.15, 0.2) is 18.2 Å². The van der Waals surface area contributed by atoms with Crippen molar-refractivity contribution in [3.63, 3.8) is 0 Å². The molecule has 0 aliphatic heterocycles. The fraction of sp³-hybridized carbons (Fsp3) is 0.333. The monoisotopic (exact) mass is 309 g/mol. The van der Waals surface area contributed by atoms with Crippen LogP contribution in [0.2, 0.25) is 10.0 Å². The molecule has 1 atom stereocenters. The van der Waals surface area contributed by atoms with Crippen LogP contribution in [0.4, 0.5) is 0 Å². The minimum absolute atomic E-state index is 0.243. The molecule has 20 heavy (non-hydrogen) atoms. The SMILES string of the molecule is Cc1nc(-c2cc(Cl)cc(Cl)c2)nc(C)c1C(C)CN. The topological polar surface area (TPSA) is 51.8 Å². The van der Waals surface area contributed by atoms with Crippen LogP contribution in [0.5, 0.6) is 0 Å². The van der Waals surface area contributed by atoms with Crippen molar-refractivity contribution in [1.82, 2.24) is 9.97 Å². The summed E-state index contributed by atoms with van der Waals surface area (Å²) in [6, 6.07) is 5.32. The van der Waals surface area contributed by atoms with E-state index in [0.717, 1.165) is 22.5 Å². The van der Waals surface area contributed by atoms with Crippen molar-refractivity contribution in [2.24, 2.45) is 5.73 Å². The Bertz CT molecular complexity index is 598. The summed E-state index contributed by atoms with van der Waals surface area (Å²) in [4.78, 5) is 9.14. The van der Waals surface area contributed by atoms with Gasteiger partial charge in [0.1, 0.15) is 0 Å². The number of aryl methyl sites for hydroxylation is 2. The molecule has 1 aromatic carbocycles. The van der Waals surface area contributed by atoms with E-state index in [0.29, 0.717) is 22.4 Å². The first-order valence-electron chi connectivity index (χ1n) is 6.44. The second-order valence-corrected chi connectivity index (χ2v) is 5.80. The first-order chi connectivity index (χ1) is 9.42. The van der Waals surface area contributed by atoms with Gasteiger partial charge in [-0.25, -0.2) is 9.97 Å². The van der Waals surface area contributed by atoms with Gasteiger partial charge in [0.05, 0.1) is 0 Å². The van der Waals surface area contributed by atoms with Crippen LogP contribution in [-0.2, 0) is 0 Å². The quantitative estimate of drug-likeness (QED) is 0.927. The molecule has 0 aliphatic carbocycles. The number of aromatic nitrogens is 2. The van der Waals surface area contributed by atoms with Gasteiger partial charge < -0.3 is 5.73 Å². The van der Waals surface area contributed by atoms with Crippen LogP contribution in [0.1, 0.15) is 29.8 Å². The van der Waals surface area contributed by atoms with E-state index in [1.165, 1.54) is 0 Å². The third kappa shape index (κ3) is 3.11. The molecule has 0 saturated heterocycles. The average molecular weight is 310 g/mol. The van der Waals surface area contributed by atoms with E-state index in [-0.39, 0.29) is 5.92 Å². The molecule has 106 valence electrons. The van der Waals surface area contributed by atoms with Gasteiger partial charge in [0.2, 0.25) is 0 Å². The average Bonchev–Trinajstić information content (AvgIpc) is 2.36. The van der Waals surface area contributed by atoms with Gasteiger partial charge in [-0.2, -0.15) is 0 Å². The van der Waals surface area contributed by atoms with Gasteiger partial charge in [0.25, 0.3) is 0 Å². The van der Waals surface area contributed by atoms with E-state index in [1.807, 2.05) is 26.0 Å². The second-order valence-electron chi connectivity index (χ2n) is 4.93. The third-order valence-electron chi connectivity index (χ3n) is 3.29. The summed E-state index contributed by atoms with van der Waals surface area (Å²) in [5.41, 5.74) is 9.57. The zero-order valence-corrected chi connectivity index (χ0v) is 13.3. The van der Waals surface area contributed by atoms with Crippen molar-refractivity contribution in [2.75, 3.05) is 6.54 Å². The highest BCUT2D eigenvalue weighted by Gasteiger charge is 2.15. The van der Waals surface area contributed by atoms with Gasteiger partial charge in [-0.3, -0.25) is 0 Å². The number of benzene rings is 1. The van der Waals surface area contributed by atoms with E-state index in [1.54, 1.807) is 6.07 Å². The summed E-state index contributed by atoms with van der Waals surface area (Å²) in [7, 11) is 0. The molecule has 1 unspecified atom stereocenters. The van der Waals surface area contributed by atoms with Crippen LogP contribution >= 0.6 is 23.2 Å². The van der Waals surface area contributed by atoms with Gasteiger partial charge in [-0.15, -0.1) is 0 Å². The normalized spacial score (nSPS) is 12.5. The summed E-state index contributed by atoms with van der Waals surface area (Å²) in [6.07, 6.45) is 0.